The molecular formula is C13H16N2. The van der Waals surface area contributed by atoms with Gasteiger partial charge in [0.25, 0.3) is 0 Å². The van der Waals surface area contributed by atoms with Crippen molar-refractivity contribution in [2.75, 3.05) is 0 Å². The number of aromatic nitrogens is 2. The van der Waals surface area contributed by atoms with E-state index in [1.54, 1.807) is 0 Å². The van der Waals surface area contributed by atoms with Crippen LogP contribution in [-0.2, 0) is 5.41 Å². The van der Waals surface area contributed by atoms with Gasteiger partial charge in [0.1, 0.15) is 0 Å². The molecule has 0 fully saturated rings. The molecular weight excluding hydrogens is 184 g/mol. The summed E-state index contributed by atoms with van der Waals surface area (Å²) in [5.41, 5.74) is 3.39. The summed E-state index contributed by atoms with van der Waals surface area (Å²) in [5, 5.41) is 1.22. The third-order valence-corrected chi connectivity index (χ3v) is 2.64. The topological polar surface area (TPSA) is 25.8 Å². The van der Waals surface area contributed by atoms with Gasteiger partial charge < -0.3 is 0 Å². The summed E-state index contributed by atoms with van der Waals surface area (Å²) >= 11 is 0. The molecule has 0 aromatic carbocycles. The summed E-state index contributed by atoms with van der Waals surface area (Å²) < 4.78 is 0. The fourth-order valence-corrected chi connectivity index (χ4v) is 1.80. The normalized spacial score (nSPS) is 12.0. The van der Waals surface area contributed by atoms with Crippen molar-refractivity contribution in [3.05, 3.63) is 35.8 Å². The molecule has 0 radical (unpaired) electrons. The van der Waals surface area contributed by atoms with Gasteiger partial charge in [0, 0.05) is 17.8 Å². The highest BCUT2D eigenvalue weighted by Crippen LogP contribution is 2.29. The van der Waals surface area contributed by atoms with Crippen molar-refractivity contribution in [2.24, 2.45) is 0 Å². The maximum absolute atomic E-state index is 4.41. The first-order chi connectivity index (χ1) is 7.00. The van der Waals surface area contributed by atoms with Crippen LogP contribution in [0.1, 0.15) is 32.0 Å². The molecule has 2 nitrogen and oxygen atoms in total. The number of hydrogen-bond donors (Lipinski definition) is 0. The molecule has 78 valence electrons. The monoisotopic (exact) mass is 200 g/mol. The SMILES string of the molecule is Cc1ncc(C(C)(C)C)c2cccnc12. The van der Waals surface area contributed by atoms with Gasteiger partial charge in [0.2, 0.25) is 0 Å². The van der Waals surface area contributed by atoms with Crippen molar-refractivity contribution in [1.29, 1.82) is 0 Å². The van der Waals surface area contributed by atoms with Gasteiger partial charge in [0.15, 0.2) is 0 Å². The van der Waals surface area contributed by atoms with Crippen molar-refractivity contribution >= 4 is 10.9 Å². The van der Waals surface area contributed by atoms with Gasteiger partial charge in [-0.1, -0.05) is 26.8 Å². The Morgan fingerprint density at radius 2 is 1.87 bits per heavy atom. The fraction of sp³-hybridized carbons (Fsp3) is 0.385. The first-order valence-corrected chi connectivity index (χ1v) is 5.21. The smallest absolute Gasteiger partial charge is 0.0917 e. The molecule has 0 aliphatic heterocycles. The molecule has 0 saturated heterocycles. The van der Waals surface area contributed by atoms with E-state index in [4.69, 9.17) is 0 Å². The van der Waals surface area contributed by atoms with Crippen LogP contribution < -0.4 is 0 Å². The minimum atomic E-state index is 0.113. The van der Waals surface area contributed by atoms with Crippen LogP contribution >= 0.6 is 0 Å². The maximum atomic E-state index is 4.41. The Balaban J connectivity index is 2.84. The molecule has 0 amide bonds. The predicted octanol–water partition coefficient (Wildman–Crippen LogP) is 3.24. The Labute approximate surface area is 90.4 Å². The number of hydrogen-bond acceptors (Lipinski definition) is 2. The molecule has 0 saturated carbocycles. The van der Waals surface area contributed by atoms with Crippen LogP contribution in [0.2, 0.25) is 0 Å². The molecule has 0 unspecified atom stereocenters. The van der Waals surface area contributed by atoms with Crippen LogP contribution in [0.25, 0.3) is 10.9 Å². The molecule has 0 atom stereocenters. The van der Waals surface area contributed by atoms with E-state index in [0.29, 0.717) is 0 Å². The molecule has 0 bridgehead atoms. The highest BCUT2D eigenvalue weighted by Gasteiger charge is 2.18. The Morgan fingerprint density at radius 3 is 2.53 bits per heavy atom. The average Bonchev–Trinajstić information content (AvgIpc) is 2.17. The number of nitrogens with zero attached hydrogens (tertiary/aromatic N) is 2. The fourth-order valence-electron chi connectivity index (χ4n) is 1.80. The highest BCUT2D eigenvalue weighted by atomic mass is 14.7. The summed E-state index contributed by atoms with van der Waals surface area (Å²) in [4.78, 5) is 8.80. The van der Waals surface area contributed by atoms with E-state index in [1.165, 1.54) is 10.9 Å². The molecule has 0 spiro atoms. The predicted molar refractivity (Wildman–Crippen MR) is 63.0 cm³/mol. The Morgan fingerprint density at radius 1 is 1.13 bits per heavy atom. The highest BCUT2D eigenvalue weighted by molar-refractivity contribution is 5.84. The zero-order chi connectivity index (χ0) is 11.1. The molecule has 2 aromatic rings. The van der Waals surface area contributed by atoms with E-state index in [-0.39, 0.29) is 5.41 Å². The Bertz CT molecular complexity index is 495. The second-order valence-electron chi connectivity index (χ2n) is 4.91. The van der Waals surface area contributed by atoms with Crippen LogP contribution in [0, 0.1) is 6.92 Å². The molecule has 2 heteroatoms. The van der Waals surface area contributed by atoms with Crippen molar-refractivity contribution < 1.29 is 0 Å². The molecule has 0 aliphatic rings. The number of pyridine rings is 2. The third kappa shape index (κ3) is 1.72. The first-order valence-electron chi connectivity index (χ1n) is 5.21. The lowest BCUT2D eigenvalue weighted by Gasteiger charge is -2.20. The van der Waals surface area contributed by atoms with E-state index in [2.05, 4.69) is 36.8 Å². The van der Waals surface area contributed by atoms with Crippen LogP contribution in [0.5, 0.6) is 0 Å². The zero-order valence-corrected chi connectivity index (χ0v) is 9.70. The number of rotatable bonds is 0. The minimum absolute atomic E-state index is 0.113. The van der Waals surface area contributed by atoms with Crippen molar-refractivity contribution in [3.63, 3.8) is 0 Å². The second-order valence-corrected chi connectivity index (χ2v) is 4.91. The Hall–Kier alpha value is -1.44. The molecule has 15 heavy (non-hydrogen) atoms. The number of aryl methyl sites for hydroxylation is 1. The van der Waals surface area contributed by atoms with Crippen LogP contribution in [0.4, 0.5) is 0 Å². The zero-order valence-electron chi connectivity index (χ0n) is 9.70. The van der Waals surface area contributed by atoms with Crippen LogP contribution in [0.15, 0.2) is 24.5 Å². The lowest BCUT2D eigenvalue weighted by atomic mass is 9.85. The molecule has 2 rings (SSSR count). The lowest BCUT2D eigenvalue weighted by molar-refractivity contribution is 0.593. The van der Waals surface area contributed by atoms with E-state index >= 15 is 0 Å². The first kappa shape index (κ1) is 10.1. The van der Waals surface area contributed by atoms with Crippen molar-refractivity contribution in [3.8, 4) is 0 Å². The summed E-state index contributed by atoms with van der Waals surface area (Å²) in [6.07, 6.45) is 3.79. The lowest BCUT2D eigenvalue weighted by Crippen LogP contribution is -2.12. The quantitative estimate of drug-likeness (QED) is 0.652. The van der Waals surface area contributed by atoms with Crippen molar-refractivity contribution in [2.45, 2.75) is 33.1 Å². The standard InChI is InChI=1S/C13H16N2/c1-9-12-10(6-5-7-14-12)11(8-15-9)13(2,3)4/h5-8H,1-4H3. The largest absolute Gasteiger partial charge is 0.259 e. The summed E-state index contributed by atoms with van der Waals surface area (Å²) in [6, 6.07) is 4.11. The molecule has 2 aromatic heterocycles. The summed E-state index contributed by atoms with van der Waals surface area (Å²) in [7, 11) is 0. The maximum Gasteiger partial charge on any atom is 0.0917 e. The van der Waals surface area contributed by atoms with Gasteiger partial charge in [-0.05, 0) is 24.0 Å². The molecule has 0 N–H and O–H groups in total. The summed E-state index contributed by atoms with van der Waals surface area (Å²) in [5.74, 6) is 0. The van der Waals surface area contributed by atoms with Gasteiger partial charge in [-0.2, -0.15) is 0 Å². The van der Waals surface area contributed by atoms with Crippen LogP contribution in [-0.4, -0.2) is 9.97 Å². The molecule has 2 heterocycles. The van der Waals surface area contributed by atoms with Gasteiger partial charge in [-0.3, -0.25) is 9.97 Å². The van der Waals surface area contributed by atoms with E-state index in [9.17, 15) is 0 Å². The number of fused-ring (bicyclic) bond motifs is 1. The third-order valence-electron chi connectivity index (χ3n) is 2.64. The van der Waals surface area contributed by atoms with E-state index < -0.39 is 0 Å². The summed E-state index contributed by atoms with van der Waals surface area (Å²) in [6.45, 7) is 8.60. The average molecular weight is 200 g/mol. The Kier molecular flexibility index (Phi) is 2.22. The van der Waals surface area contributed by atoms with Crippen LogP contribution in [0.3, 0.4) is 0 Å². The minimum Gasteiger partial charge on any atom is -0.259 e. The van der Waals surface area contributed by atoms with Gasteiger partial charge in [-0.15, -0.1) is 0 Å². The van der Waals surface area contributed by atoms with Gasteiger partial charge >= 0.3 is 0 Å². The van der Waals surface area contributed by atoms with E-state index in [1.807, 2.05) is 25.4 Å². The van der Waals surface area contributed by atoms with Crippen molar-refractivity contribution in [1.82, 2.24) is 9.97 Å². The van der Waals surface area contributed by atoms with Gasteiger partial charge in [-0.25, -0.2) is 0 Å². The molecule has 0 aliphatic carbocycles. The second kappa shape index (κ2) is 3.30. The van der Waals surface area contributed by atoms with Gasteiger partial charge in [0.05, 0.1) is 11.2 Å². The van der Waals surface area contributed by atoms with E-state index in [0.717, 1.165) is 11.2 Å².